The molecule has 0 spiro atoms. The quantitative estimate of drug-likeness (QED) is 0.715. The summed E-state index contributed by atoms with van der Waals surface area (Å²) in [6.07, 6.45) is 3.54. The van der Waals surface area contributed by atoms with Gasteiger partial charge in [-0.05, 0) is 30.5 Å². The Labute approximate surface area is 81.0 Å². The number of anilines is 1. The van der Waals surface area contributed by atoms with Crippen molar-refractivity contribution in [2.24, 2.45) is 0 Å². The average molecular weight is 200 g/mol. The van der Waals surface area contributed by atoms with Crippen LogP contribution in [0.3, 0.4) is 0 Å². The van der Waals surface area contributed by atoms with Gasteiger partial charge in [-0.2, -0.15) is 0 Å². The van der Waals surface area contributed by atoms with Crippen molar-refractivity contribution < 1.29 is 5.11 Å². The first-order valence-corrected chi connectivity index (χ1v) is 4.49. The maximum absolute atomic E-state index is 9.05. The van der Waals surface area contributed by atoms with Crippen molar-refractivity contribution in [2.45, 2.75) is 18.4 Å². The molecule has 0 atom stereocenters. The van der Waals surface area contributed by atoms with Crippen LogP contribution in [0.15, 0.2) is 12.3 Å². The highest BCUT2D eigenvalue weighted by molar-refractivity contribution is 6.28. The van der Waals surface area contributed by atoms with Gasteiger partial charge >= 0.3 is 0 Å². The minimum Gasteiger partial charge on any atom is -0.394 e. The van der Waals surface area contributed by atoms with E-state index in [1.807, 2.05) is 0 Å². The maximum atomic E-state index is 9.05. The third-order valence-electron chi connectivity index (χ3n) is 2.18. The van der Waals surface area contributed by atoms with Crippen LogP contribution in [0.2, 0.25) is 5.28 Å². The van der Waals surface area contributed by atoms with Crippen molar-refractivity contribution >= 4 is 17.4 Å². The van der Waals surface area contributed by atoms with Crippen LogP contribution in [0.1, 0.15) is 12.8 Å². The number of rotatable bonds is 3. The van der Waals surface area contributed by atoms with E-state index < -0.39 is 0 Å². The molecule has 0 aliphatic heterocycles. The highest BCUT2D eigenvalue weighted by atomic mass is 35.5. The lowest BCUT2D eigenvalue weighted by Crippen LogP contribution is -2.26. The second-order valence-electron chi connectivity index (χ2n) is 3.27. The van der Waals surface area contributed by atoms with Crippen LogP contribution in [0, 0.1) is 0 Å². The second-order valence-corrected chi connectivity index (χ2v) is 3.61. The summed E-state index contributed by atoms with van der Waals surface area (Å²) in [7, 11) is 0. The first-order chi connectivity index (χ1) is 6.24. The lowest BCUT2D eigenvalue weighted by molar-refractivity contribution is 0.266. The largest absolute Gasteiger partial charge is 0.394 e. The fourth-order valence-electron chi connectivity index (χ4n) is 1.15. The summed E-state index contributed by atoms with van der Waals surface area (Å²) in [5.41, 5.74) is -0.155. The maximum Gasteiger partial charge on any atom is 0.224 e. The molecule has 13 heavy (non-hydrogen) atoms. The Morgan fingerprint density at radius 2 is 2.38 bits per heavy atom. The molecule has 2 rings (SSSR count). The van der Waals surface area contributed by atoms with E-state index in [2.05, 4.69) is 15.3 Å². The number of aliphatic hydroxyl groups excluding tert-OH is 1. The van der Waals surface area contributed by atoms with Gasteiger partial charge < -0.3 is 10.4 Å². The molecule has 1 aliphatic rings. The Bertz CT molecular complexity index is 314. The third kappa shape index (κ3) is 1.89. The minimum atomic E-state index is -0.155. The molecule has 0 saturated heterocycles. The lowest BCUT2D eigenvalue weighted by atomic mass is 10.3. The molecule has 5 heteroatoms. The molecule has 1 fully saturated rings. The number of aliphatic hydroxyl groups is 1. The van der Waals surface area contributed by atoms with Crippen LogP contribution >= 0.6 is 11.6 Å². The molecule has 0 bridgehead atoms. The Morgan fingerprint density at radius 3 is 2.92 bits per heavy atom. The third-order valence-corrected chi connectivity index (χ3v) is 2.36. The van der Waals surface area contributed by atoms with Gasteiger partial charge in [-0.25, -0.2) is 9.97 Å². The van der Waals surface area contributed by atoms with Gasteiger partial charge in [-0.1, -0.05) is 0 Å². The van der Waals surface area contributed by atoms with Crippen LogP contribution in [-0.4, -0.2) is 27.2 Å². The number of aromatic nitrogens is 2. The Hall–Kier alpha value is -0.870. The molecule has 70 valence electrons. The van der Waals surface area contributed by atoms with E-state index in [9.17, 15) is 0 Å². The number of hydrogen-bond donors (Lipinski definition) is 2. The van der Waals surface area contributed by atoms with E-state index in [0.29, 0.717) is 5.82 Å². The zero-order valence-electron chi connectivity index (χ0n) is 7.00. The van der Waals surface area contributed by atoms with Crippen LogP contribution in [0.5, 0.6) is 0 Å². The lowest BCUT2D eigenvalue weighted by Gasteiger charge is -2.14. The van der Waals surface area contributed by atoms with Gasteiger partial charge in [0, 0.05) is 6.20 Å². The van der Waals surface area contributed by atoms with E-state index in [1.165, 1.54) is 0 Å². The molecule has 4 nitrogen and oxygen atoms in total. The molecule has 1 saturated carbocycles. The molecule has 1 aliphatic carbocycles. The molecule has 1 aromatic rings. The predicted molar refractivity (Wildman–Crippen MR) is 49.7 cm³/mol. The standard InChI is InChI=1S/C8H10ClN3O/c9-7-10-4-1-6(11-7)12-8(5-13)2-3-8/h1,4,13H,2-3,5H2,(H,10,11,12). The van der Waals surface area contributed by atoms with Gasteiger partial charge in [0.15, 0.2) is 0 Å². The van der Waals surface area contributed by atoms with E-state index in [1.54, 1.807) is 12.3 Å². The summed E-state index contributed by atoms with van der Waals surface area (Å²) >= 11 is 5.61. The topological polar surface area (TPSA) is 58.0 Å². The minimum absolute atomic E-state index is 0.134. The number of halogens is 1. The first kappa shape index (κ1) is 8.72. The average Bonchev–Trinajstić information content (AvgIpc) is 2.86. The predicted octanol–water partition coefficient (Wildman–Crippen LogP) is 1.07. The van der Waals surface area contributed by atoms with Crippen molar-refractivity contribution in [3.8, 4) is 0 Å². The first-order valence-electron chi connectivity index (χ1n) is 4.12. The number of nitrogens with zero attached hydrogens (tertiary/aromatic N) is 2. The summed E-state index contributed by atoms with van der Waals surface area (Å²) in [6.45, 7) is 0.134. The van der Waals surface area contributed by atoms with Gasteiger partial charge in [0.05, 0.1) is 12.1 Å². The van der Waals surface area contributed by atoms with Gasteiger partial charge in [0.1, 0.15) is 5.82 Å². The van der Waals surface area contributed by atoms with Gasteiger partial charge in [-0.15, -0.1) is 0 Å². The van der Waals surface area contributed by atoms with Gasteiger partial charge in [0.2, 0.25) is 5.28 Å². The van der Waals surface area contributed by atoms with Gasteiger partial charge in [0.25, 0.3) is 0 Å². The highest BCUT2D eigenvalue weighted by Crippen LogP contribution is 2.37. The van der Waals surface area contributed by atoms with Crippen LogP contribution in [0.25, 0.3) is 0 Å². The number of nitrogens with one attached hydrogen (secondary N) is 1. The molecule has 0 radical (unpaired) electrons. The summed E-state index contributed by atoms with van der Waals surface area (Å²) in [5.74, 6) is 0.673. The number of hydrogen-bond acceptors (Lipinski definition) is 4. The van der Waals surface area contributed by atoms with Gasteiger partial charge in [-0.3, -0.25) is 0 Å². The zero-order chi connectivity index (χ0) is 9.31. The van der Waals surface area contributed by atoms with Crippen molar-refractivity contribution in [2.75, 3.05) is 11.9 Å². The normalized spacial score (nSPS) is 18.3. The SMILES string of the molecule is OCC1(Nc2ccnc(Cl)n2)CC1. The van der Waals surface area contributed by atoms with Crippen molar-refractivity contribution in [1.29, 1.82) is 0 Å². The van der Waals surface area contributed by atoms with Crippen LogP contribution < -0.4 is 5.32 Å². The zero-order valence-corrected chi connectivity index (χ0v) is 7.75. The van der Waals surface area contributed by atoms with E-state index in [4.69, 9.17) is 16.7 Å². The van der Waals surface area contributed by atoms with Crippen molar-refractivity contribution in [3.05, 3.63) is 17.5 Å². The second kappa shape index (κ2) is 3.12. The summed E-state index contributed by atoms with van der Waals surface area (Å²) < 4.78 is 0. The summed E-state index contributed by atoms with van der Waals surface area (Å²) in [6, 6.07) is 1.74. The fraction of sp³-hybridized carbons (Fsp3) is 0.500. The Balaban J connectivity index is 2.09. The Morgan fingerprint density at radius 1 is 1.62 bits per heavy atom. The van der Waals surface area contributed by atoms with E-state index in [-0.39, 0.29) is 17.4 Å². The van der Waals surface area contributed by atoms with Crippen LogP contribution in [0.4, 0.5) is 5.82 Å². The molecular formula is C8H10ClN3O. The smallest absolute Gasteiger partial charge is 0.224 e. The summed E-state index contributed by atoms with van der Waals surface area (Å²) in [5, 5.41) is 12.4. The summed E-state index contributed by atoms with van der Waals surface area (Å²) in [4.78, 5) is 7.75. The molecule has 0 unspecified atom stereocenters. The van der Waals surface area contributed by atoms with E-state index in [0.717, 1.165) is 12.8 Å². The van der Waals surface area contributed by atoms with Crippen molar-refractivity contribution in [3.63, 3.8) is 0 Å². The molecule has 1 aromatic heterocycles. The highest BCUT2D eigenvalue weighted by Gasteiger charge is 2.42. The molecule has 1 heterocycles. The monoisotopic (exact) mass is 199 g/mol. The van der Waals surface area contributed by atoms with Crippen molar-refractivity contribution in [1.82, 2.24) is 9.97 Å². The fourth-order valence-corrected chi connectivity index (χ4v) is 1.30. The molecule has 0 amide bonds. The van der Waals surface area contributed by atoms with Crippen LogP contribution in [-0.2, 0) is 0 Å². The molecule has 0 aromatic carbocycles. The molecular weight excluding hydrogens is 190 g/mol. The Kier molecular flexibility index (Phi) is 2.09. The molecule has 2 N–H and O–H groups in total. The van der Waals surface area contributed by atoms with E-state index >= 15 is 0 Å².